The number of anilines is 1. The molecule has 0 aromatic carbocycles. The van der Waals surface area contributed by atoms with E-state index < -0.39 is 16.1 Å². The van der Waals surface area contributed by atoms with Crippen LogP contribution in [0.5, 0.6) is 0 Å². The molecule has 1 aliphatic rings. The third kappa shape index (κ3) is 4.00. The minimum Gasteiger partial charge on any atom is -0.360 e. The summed E-state index contributed by atoms with van der Waals surface area (Å²) in [5.74, 6) is 0.363. The van der Waals surface area contributed by atoms with Crippen molar-refractivity contribution < 1.29 is 17.7 Å². The van der Waals surface area contributed by atoms with Gasteiger partial charge >= 0.3 is 0 Å². The van der Waals surface area contributed by atoms with Gasteiger partial charge in [0.1, 0.15) is 5.76 Å². The molecule has 2 N–H and O–H groups in total. The zero-order chi connectivity index (χ0) is 15.5. The van der Waals surface area contributed by atoms with Crippen LogP contribution < -0.4 is 10.6 Å². The maximum atomic E-state index is 12.3. The maximum Gasteiger partial charge on any atom is 0.282 e. The third-order valence-electron chi connectivity index (χ3n) is 3.06. The molecule has 0 spiro atoms. The molecule has 2 rings (SSSR count). The summed E-state index contributed by atoms with van der Waals surface area (Å²) < 4.78 is 31.8. The first-order valence-electron chi connectivity index (χ1n) is 6.55. The predicted octanol–water partition coefficient (Wildman–Crippen LogP) is -0.997. The standard InChI is InChI=1S/C11H19N5O4S/c1-9-7-10(14-20-9)13-11(17)8-15(2)21(18,19)16-5-3-12-4-6-16/h7,12H,3-6,8H2,1-2H3,(H,13,14,17). The molecule has 118 valence electrons. The molecule has 0 unspecified atom stereocenters. The van der Waals surface area contributed by atoms with Gasteiger partial charge < -0.3 is 15.2 Å². The number of hydrogen-bond acceptors (Lipinski definition) is 6. The molecule has 1 aromatic rings. The Morgan fingerprint density at radius 2 is 2.19 bits per heavy atom. The quantitative estimate of drug-likeness (QED) is 0.721. The van der Waals surface area contributed by atoms with Crippen molar-refractivity contribution >= 4 is 21.9 Å². The van der Waals surface area contributed by atoms with Gasteiger partial charge in [-0.25, -0.2) is 0 Å². The molecular weight excluding hydrogens is 298 g/mol. The lowest BCUT2D eigenvalue weighted by Gasteiger charge is -2.30. The van der Waals surface area contributed by atoms with Crippen LogP contribution in [0.1, 0.15) is 5.76 Å². The topological polar surface area (TPSA) is 108 Å². The third-order valence-corrected chi connectivity index (χ3v) is 4.99. The second-order valence-electron chi connectivity index (χ2n) is 4.78. The van der Waals surface area contributed by atoms with Crippen molar-refractivity contribution in [2.24, 2.45) is 0 Å². The van der Waals surface area contributed by atoms with E-state index in [4.69, 9.17) is 4.52 Å². The maximum absolute atomic E-state index is 12.3. The van der Waals surface area contributed by atoms with Crippen molar-refractivity contribution in [3.05, 3.63) is 11.8 Å². The first-order valence-corrected chi connectivity index (χ1v) is 7.94. The van der Waals surface area contributed by atoms with E-state index in [1.165, 1.54) is 11.4 Å². The molecule has 0 radical (unpaired) electrons. The fourth-order valence-electron chi connectivity index (χ4n) is 1.96. The highest BCUT2D eigenvalue weighted by atomic mass is 32.2. The number of hydrogen-bond donors (Lipinski definition) is 2. The van der Waals surface area contributed by atoms with Crippen molar-refractivity contribution in [3.63, 3.8) is 0 Å². The van der Waals surface area contributed by atoms with E-state index in [1.54, 1.807) is 13.0 Å². The molecule has 9 nitrogen and oxygen atoms in total. The van der Waals surface area contributed by atoms with Gasteiger partial charge in [0.2, 0.25) is 5.91 Å². The van der Waals surface area contributed by atoms with Gasteiger partial charge in [0.05, 0.1) is 6.54 Å². The first-order chi connectivity index (χ1) is 9.89. The Hall–Kier alpha value is -1.49. The Kier molecular flexibility index (Phi) is 4.93. The van der Waals surface area contributed by atoms with Crippen LogP contribution in [0.4, 0.5) is 5.82 Å². The average molecular weight is 317 g/mol. The van der Waals surface area contributed by atoms with E-state index in [-0.39, 0.29) is 12.4 Å². The molecule has 10 heteroatoms. The number of likely N-dealkylation sites (N-methyl/N-ethyl adjacent to an activating group) is 1. The van der Waals surface area contributed by atoms with Gasteiger partial charge in [-0.05, 0) is 6.92 Å². The summed E-state index contributed by atoms with van der Waals surface area (Å²) in [6.07, 6.45) is 0. The number of carbonyl (C=O) groups is 1. The molecule has 21 heavy (non-hydrogen) atoms. The van der Waals surface area contributed by atoms with E-state index >= 15 is 0 Å². The van der Waals surface area contributed by atoms with Gasteiger partial charge in [-0.1, -0.05) is 5.16 Å². The van der Waals surface area contributed by atoms with Crippen molar-refractivity contribution in [1.29, 1.82) is 0 Å². The van der Waals surface area contributed by atoms with Crippen molar-refractivity contribution in [2.75, 3.05) is 45.1 Å². The highest BCUT2D eigenvalue weighted by Gasteiger charge is 2.29. The van der Waals surface area contributed by atoms with Crippen LogP contribution in [0.15, 0.2) is 10.6 Å². The fourth-order valence-corrected chi connectivity index (χ4v) is 3.28. The predicted molar refractivity (Wildman–Crippen MR) is 75.9 cm³/mol. The molecule has 0 saturated carbocycles. The smallest absolute Gasteiger partial charge is 0.282 e. The highest BCUT2D eigenvalue weighted by molar-refractivity contribution is 7.86. The van der Waals surface area contributed by atoms with Gasteiger partial charge in [0.15, 0.2) is 5.82 Å². The van der Waals surface area contributed by atoms with E-state index in [1.807, 2.05) is 0 Å². The molecule has 1 saturated heterocycles. The van der Waals surface area contributed by atoms with Gasteiger partial charge in [-0.3, -0.25) is 4.79 Å². The van der Waals surface area contributed by atoms with E-state index in [2.05, 4.69) is 15.8 Å². The number of nitrogens with one attached hydrogen (secondary N) is 2. The van der Waals surface area contributed by atoms with Gasteiger partial charge in [0.25, 0.3) is 10.2 Å². The Morgan fingerprint density at radius 1 is 1.52 bits per heavy atom. The van der Waals surface area contributed by atoms with Crippen LogP contribution in [0.25, 0.3) is 0 Å². The molecular formula is C11H19N5O4S. The van der Waals surface area contributed by atoms with Crippen molar-refractivity contribution in [2.45, 2.75) is 6.92 Å². The number of amides is 1. The zero-order valence-corrected chi connectivity index (χ0v) is 12.8. The van der Waals surface area contributed by atoms with E-state index in [0.717, 1.165) is 4.31 Å². The molecule has 2 heterocycles. The normalized spacial score (nSPS) is 17.1. The molecule has 1 aliphatic heterocycles. The number of piperazine rings is 1. The van der Waals surface area contributed by atoms with Gasteiger partial charge in [0, 0.05) is 39.3 Å². The van der Waals surface area contributed by atoms with Crippen LogP contribution in [-0.2, 0) is 15.0 Å². The van der Waals surface area contributed by atoms with Crippen molar-refractivity contribution in [1.82, 2.24) is 19.1 Å². The zero-order valence-electron chi connectivity index (χ0n) is 12.0. The first kappa shape index (κ1) is 15.9. The Bertz CT molecular complexity index is 594. The van der Waals surface area contributed by atoms with Crippen molar-refractivity contribution in [3.8, 4) is 0 Å². The summed E-state index contributed by atoms with van der Waals surface area (Å²) in [4.78, 5) is 11.8. The van der Waals surface area contributed by atoms with Crippen LogP contribution in [0.3, 0.4) is 0 Å². The molecule has 1 amide bonds. The lowest BCUT2D eigenvalue weighted by molar-refractivity contribution is -0.116. The molecule has 0 bridgehead atoms. The fraction of sp³-hybridized carbons (Fsp3) is 0.636. The minimum atomic E-state index is -3.62. The average Bonchev–Trinajstić information content (AvgIpc) is 2.84. The summed E-state index contributed by atoms with van der Waals surface area (Å²) in [6.45, 7) is 3.43. The van der Waals surface area contributed by atoms with E-state index in [9.17, 15) is 13.2 Å². The van der Waals surface area contributed by atoms with Crippen LogP contribution in [0, 0.1) is 6.92 Å². The van der Waals surface area contributed by atoms with Crippen LogP contribution >= 0.6 is 0 Å². The number of aryl methyl sites for hydroxylation is 1. The lowest BCUT2D eigenvalue weighted by atomic mass is 10.4. The summed E-state index contributed by atoms with van der Waals surface area (Å²) in [5.41, 5.74) is 0. The summed E-state index contributed by atoms with van der Waals surface area (Å²) >= 11 is 0. The van der Waals surface area contributed by atoms with Gasteiger partial charge in [-0.2, -0.15) is 17.0 Å². The van der Waals surface area contributed by atoms with Crippen LogP contribution in [0.2, 0.25) is 0 Å². The molecule has 0 aliphatic carbocycles. The van der Waals surface area contributed by atoms with Crippen LogP contribution in [-0.4, -0.2) is 67.9 Å². The monoisotopic (exact) mass is 317 g/mol. The largest absolute Gasteiger partial charge is 0.360 e. The summed E-state index contributed by atoms with van der Waals surface area (Å²) in [6, 6.07) is 1.56. The van der Waals surface area contributed by atoms with E-state index in [0.29, 0.717) is 31.9 Å². The van der Waals surface area contributed by atoms with Gasteiger partial charge in [-0.15, -0.1) is 0 Å². The highest BCUT2D eigenvalue weighted by Crippen LogP contribution is 2.09. The molecule has 1 fully saturated rings. The minimum absolute atomic E-state index is 0.269. The Labute approximate surface area is 123 Å². The Balaban J connectivity index is 1.93. The molecule has 0 atom stereocenters. The SMILES string of the molecule is Cc1cc(NC(=O)CN(C)S(=O)(=O)N2CCNCC2)no1. The lowest BCUT2D eigenvalue weighted by Crippen LogP contribution is -2.52. The summed E-state index contributed by atoms with van der Waals surface area (Å²) in [5, 5.41) is 9.19. The number of rotatable bonds is 5. The Morgan fingerprint density at radius 3 is 2.76 bits per heavy atom. The second-order valence-corrected chi connectivity index (χ2v) is 6.82. The second kappa shape index (κ2) is 6.52. The number of aromatic nitrogens is 1. The number of carbonyl (C=O) groups excluding carboxylic acids is 1. The molecule has 1 aromatic heterocycles. The summed E-state index contributed by atoms with van der Waals surface area (Å²) in [7, 11) is -2.24. The number of nitrogens with zero attached hydrogens (tertiary/aromatic N) is 3.